The largest absolute Gasteiger partial charge is 0.472 e. The van der Waals surface area contributed by atoms with Crippen molar-refractivity contribution in [2.24, 2.45) is 22.7 Å². The first kappa shape index (κ1) is 18.3. The average Bonchev–Trinajstić information content (AvgIpc) is 3.10. The van der Waals surface area contributed by atoms with Gasteiger partial charge in [0.1, 0.15) is 12.5 Å². The lowest BCUT2D eigenvalue weighted by Crippen LogP contribution is -2.66. The van der Waals surface area contributed by atoms with Crippen LogP contribution in [0.3, 0.4) is 0 Å². The molecule has 138 valence electrons. The van der Waals surface area contributed by atoms with E-state index in [4.69, 9.17) is 4.42 Å². The SMILES string of the molecule is CC1CCC2(C)C(CCC(O)C2(C)O)C1(C=O)CC(=O)c1ccoc1. The van der Waals surface area contributed by atoms with E-state index >= 15 is 0 Å². The van der Waals surface area contributed by atoms with Crippen LogP contribution in [0, 0.1) is 22.7 Å². The van der Waals surface area contributed by atoms with Gasteiger partial charge >= 0.3 is 0 Å². The minimum absolute atomic E-state index is 0.0463. The number of aliphatic hydroxyl groups excluding tert-OH is 1. The van der Waals surface area contributed by atoms with Crippen molar-refractivity contribution in [3.63, 3.8) is 0 Å². The topological polar surface area (TPSA) is 87.7 Å². The molecule has 3 rings (SSSR count). The fraction of sp³-hybridized carbons (Fsp3) is 0.700. The van der Waals surface area contributed by atoms with E-state index in [1.165, 1.54) is 12.5 Å². The van der Waals surface area contributed by atoms with Gasteiger partial charge in [-0.25, -0.2) is 0 Å². The molecule has 5 heteroatoms. The van der Waals surface area contributed by atoms with Crippen LogP contribution >= 0.6 is 0 Å². The van der Waals surface area contributed by atoms with Gasteiger partial charge in [0.25, 0.3) is 0 Å². The summed E-state index contributed by atoms with van der Waals surface area (Å²) in [5, 5.41) is 21.4. The second-order valence-electron chi connectivity index (χ2n) is 8.49. The van der Waals surface area contributed by atoms with Gasteiger partial charge < -0.3 is 19.4 Å². The van der Waals surface area contributed by atoms with Crippen LogP contribution in [0.1, 0.15) is 63.2 Å². The summed E-state index contributed by atoms with van der Waals surface area (Å²) in [6, 6.07) is 1.62. The molecule has 0 aromatic carbocycles. The summed E-state index contributed by atoms with van der Waals surface area (Å²) < 4.78 is 5.01. The maximum absolute atomic E-state index is 12.8. The molecule has 1 aromatic rings. The summed E-state index contributed by atoms with van der Waals surface area (Å²) >= 11 is 0. The highest BCUT2D eigenvalue weighted by Gasteiger charge is 2.64. The van der Waals surface area contributed by atoms with Gasteiger partial charge in [0, 0.05) is 17.3 Å². The summed E-state index contributed by atoms with van der Waals surface area (Å²) in [4.78, 5) is 25.1. The molecule has 0 spiro atoms. The number of ketones is 1. The number of aldehydes is 1. The molecule has 1 aromatic heterocycles. The van der Waals surface area contributed by atoms with Crippen LogP contribution in [0.25, 0.3) is 0 Å². The number of rotatable bonds is 4. The van der Waals surface area contributed by atoms with Gasteiger partial charge in [-0.1, -0.05) is 13.8 Å². The van der Waals surface area contributed by atoms with Crippen LogP contribution in [0.15, 0.2) is 23.0 Å². The number of hydrogen-bond donors (Lipinski definition) is 2. The van der Waals surface area contributed by atoms with E-state index in [2.05, 4.69) is 0 Å². The molecule has 0 radical (unpaired) electrons. The predicted octanol–water partition coefficient (Wildman–Crippen LogP) is 3.00. The molecule has 0 aliphatic heterocycles. The molecule has 1 heterocycles. The van der Waals surface area contributed by atoms with E-state index in [-0.39, 0.29) is 24.0 Å². The number of carbonyl (C=O) groups is 2. The molecule has 2 saturated carbocycles. The third-order valence-corrected chi connectivity index (χ3v) is 7.50. The molecule has 0 saturated heterocycles. The number of hydrogen-bond acceptors (Lipinski definition) is 5. The molecule has 2 N–H and O–H groups in total. The Labute approximate surface area is 148 Å². The quantitative estimate of drug-likeness (QED) is 0.645. The Morgan fingerprint density at radius 2 is 2.08 bits per heavy atom. The third-order valence-electron chi connectivity index (χ3n) is 7.50. The zero-order valence-electron chi connectivity index (χ0n) is 15.2. The zero-order chi connectivity index (χ0) is 18.5. The fourth-order valence-corrected chi connectivity index (χ4v) is 5.42. The van der Waals surface area contributed by atoms with Crippen molar-refractivity contribution in [2.75, 3.05) is 0 Å². The van der Waals surface area contributed by atoms with Crippen molar-refractivity contribution in [3.8, 4) is 0 Å². The lowest BCUT2D eigenvalue weighted by Gasteiger charge is -2.62. The van der Waals surface area contributed by atoms with E-state index in [1.807, 2.05) is 13.8 Å². The van der Waals surface area contributed by atoms with Crippen molar-refractivity contribution in [1.29, 1.82) is 0 Å². The molecule has 0 bridgehead atoms. The maximum Gasteiger partial charge on any atom is 0.167 e. The summed E-state index contributed by atoms with van der Waals surface area (Å²) in [6.45, 7) is 5.66. The van der Waals surface area contributed by atoms with Crippen LogP contribution in [0.2, 0.25) is 0 Å². The van der Waals surface area contributed by atoms with Crippen LogP contribution in [0.4, 0.5) is 0 Å². The Bertz CT molecular complexity index is 649. The second-order valence-corrected chi connectivity index (χ2v) is 8.49. The van der Waals surface area contributed by atoms with Gasteiger partial charge in [-0.05, 0) is 50.5 Å². The zero-order valence-corrected chi connectivity index (χ0v) is 15.2. The molecule has 0 amide bonds. The molecule has 2 aliphatic carbocycles. The highest BCUT2D eigenvalue weighted by atomic mass is 16.3. The first-order valence-corrected chi connectivity index (χ1v) is 9.11. The van der Waals surface area contributed by atoms with Crippen molar-refractivity contribution in [2.45, 2.75) is 64.6 Å². The predicted molar refractivity (Wildman–Crippen MR) is 92.0 cm³/mol. The highest BCUT2D eigenvalue weighted by molar-refractivity contribution is 5.97. The van der Waals surface area contributed by atoms with Crippen LogP contribution in [-0.2, 0) is 4.79 Å². The fourth-order valence-electron chi connectivity index (χ4n) is 5.42. The number of fused-ring (bicyclic) bond motifs is 1. The third kappa shape index (κ3) is 2.51. The van der Waals surface area contributed by atoms with E-state index in [0.717, 1.165) is 19.1 Å². The van der Waals surface area contributed by atoms with Gasteiger partial charge in [-0.2, -0.15) is 0 Å². The Hall–Kier alpha value is -1.46. The van der Waals surface area contributed by atoms with Gasteiger partial charge in [0.15, 0.2) is 5.78 Å². The highest BCUT2D eigenvalue weighted by Crippen LogP contribution is 2.63. The summed E-state index contributed by atoms with van der Waals surface area (Å²) in [5.74, 6) is -0.205. The summed E-state index contributed by atoms with van der Waals surface area (Å²) in [6.07, 6.45) is 5.67. The number of furan rings is 1. The summed E-state index contributed by atoms with van der Waals surface area (Å²) in [5.41, 5.74) is -2.23. The first-order chi connectivity index (χ1) is 11.7. The van der Waals surface area contributed by atoms with Crippen LogP contribution in [0.5, 0.6) is 0 Å². The lowest BCUT2D eigenvalue weighted by atomic mass is 9.43. The lowest BCUT2D eigenvalue weighted by molar-refractivity contribution is -0.231. The van der Waals surface area contributed by atoms with Crippen molar-refractivity contribution < 1.29 is 24.2 Å². The Morgan fingerprint density at radius 1 is 1.36 bits per heavy atom. The van der Waals surface area contributed by atoms with Crippen molar-refractivity contribution in [3.05, 3.63) is 24.2 Å². The van der Waals surface area contributed by atoms with Gasteiger partial charge in [0.05, 0.1) is 23.5 Å². The molecule has 5 nitrogen and oxygen atoms in total. The molecule has 2 fully saturated rings. The molecule has 25 heavy (non-hydrogen) atoms. The smallest absolute Gasteiger partial charge is 0.167 e. The Morgan fingerprint density at radius 3 is 2.68 bits per heavy atom. The van der Waals surface area contributed by atoms with Crippen molar-refractivity contribution >= 4 is 12.1 Å². The molecular weight excluding hydrogens is 320 g/mol. The number of Topliss-reactive ketones (excluding diaryl/α,β-unsaturated/α-hetero) is 1. The molecule has 2 aliphatic rings. The van der Waals surface area contributed by atoms with Gasteiger partial charge in [-0.15, -0.1) is 0 Å². The van der Waals surface area contributed by atoms with Gasteiger partial charge in [-0.3, -0.25) is 4.79 Å². The Kier molecular flexibility index (Phi) is 4.44. The summed E-state index contributed by atoms with van der Waals surface area (Å²) in [7, 11) is 0. The maximum atomic E-state index is 12.8. The van der Waals surface area contributed by atoms with Gasteiger partial charge in [0.2, 0.25) is 0 Å². The monoisotopic (exact) mass is 348 g/mol. The Balaban J connectivity index is 2.02. The second kappa shape index (κ2) is 6.06. The van der Waals surface area contributed by atoms with Crippen molar-refractivity contribution in [1.82, 2.24) is 0 Å². The van der Waals surface area contributed by atoms with E-state index in [1.54, 1.807) is 13.0 Å². The molecular formula is C20H28O5. The standard InChI is InChI=1S/C20H28O5/c1-13-6-8-18(2)16(4-5-17(23)19(18,3)24)20(13,12-21)10-15(22)14-7-9-25-11-14/h7,9,11-13,16-17,23-24H,4-6,8,10H2,1-3H3. The number of carbonyl (C=O) groups excluding carboxylic acids is 2. The van der Waals surface area contributed by atoms with Crippen LogP contribution < -0.4 is 0 Å². The van der Waals surface area contributed by atoms with E-state index in [9.17, 15) is 19.8 Å². The van der Waals surface area contributed by atoms with E-state index < -0.39 is 22.5 Å². The first-order valence-electron chi connectivity index (χ1n) is 9.11. The van der Waals surface area contributed by atoms with E-state index in [0.29, 0.717) is 18.4 Å². The van der Waals surface area contributed by atoms with Crippen LogP contribution in [-0.4, -0.2) is 34.0 Å². The average molecular weight is 348 g/mol. The molecule has 6 unspecified atom stereocenters. The normalized spacial score (nSPS) is 44.1. The number of aliphatic hydroxyl groups is 2. The minimum atomic E-state index is -1.27. The minimum Gasteiger partial charge on any atom is -0.472 e. The molecule has 6 atom stereocenters.